The first-order chi connectivity index (χ1) is 10.5. The van der Waals surface area contributed by atoms with Crippen molar-refractivity contribution < 1.29 is 13.6 Å². The maximum absolute atomic E-state index is 11.8. The van der Waals surface area contributed by atoms with Gasteiger partial charge in [-0.2, -0.15) is 0 Å². The summed E-state index contributed by atoms with van der Waals surface area (Å²) in [7, 11) is 0. The molecule has 0 spiro atoms. The average molecular weight is 299 g/mol. The van der Waals surface area contributed by atoms with Gasteiger partial charge in [0.25, 0.3) is 0 Å². The highest BCUT2D eigenvalue weighted by Crippen LogP contribution is 2.47. The number of carbonyl (C=O) groups excluding carboxylic acids is 1. The predicted molar refractivity (Wildman–Crippen MR) is 84.3 cm³/mol. The Hall–Kier alpha value is -2.23. The molecule has 4 nitrogen and oxygen atoms in total. The van der Waals surface area contributed by atoms with Gasteiger partial charge in [-0.15, -0.1) is 0 Å². The smallest absolute Gasteiger partial charge is 0.244 e. The largest absolute Gasteiger partial charge is 0.466 e. The van der Waals surface area contributed by atoms with Gasteiger partial charge in [0.2, 0.25) is 5.91 Å². The molecule has 0 radical (unpaired) electrons. The van der Waals surface area contributed by atoms with E-state index in [4.69, 9.17) is 8.83 Å². The maximum atomic E-state index is 11.8. The number of amides is 1. The summed E-state index contributed by atoms with van der Waals surface area (Å²) in [6.07, 6.45) is 4.40. The first kappa shape index (κ1) is 14.7. The summed E-state index contributed by atoms with van der Waals surface area (Å²) in [6.45, 7) is 6.48. The molecule has 2 heterocycles. The van der Waals surface area contributed by atoms with Crippen LogP contribution in [0.4, 0.5) is 0 Å². The number of furan rings is 2. The minimum absolute atomic E-state index is 0.143. The monoisotopic (exact) mass is 299 g/mol. The molecular formula is C18H21NO3. The highest BCUT2D eigenvalue weighted by molar-refractivity contribution is 5.91. The normalized spacial score (nSPS) is 20.5. The van der Waals surface area contributed by atoms with Crippen LogP contribution in [0.5, 0.6) is 0 Å². The Morgan fingerprint density at radius 3 is 2.77 bits per heavy atom. The molecule has 1 fully saturated rings. The lowest BCUT2D eigenvalue weighted by Crippen LogP contribution is -2.20. The summed E-state index contributed by atoms with van der Waals surface area (Å²) >= 11 is 0. The minimum atomic E-state index is -0.143. The summed E-state index contributed by atoms with van der Waals surface area (Å²) in [4.78, 5) is 11.8. The fraction of sp³-hybridized carbons (Fsp3) is 0.389. The Morgan fingerprint density at radius 2 is 2.14 bits per heavy atom. The molecule has 0 aliphatic heterocycles. The molecule has 2 aromatic rings. The molecule has 0 bridgehead atoms. The van der Waals surface area contributed by atoms with Crippen molar-refractivity contribution in [3.63, 3.8) is 0 Å². The van der Waals surface area contributed by atoms with Gasteiger partial charge < -0.3 is 14.2 Å². The Kier molecular flexibility index (Phi) is 3.92. The number of carbonyl (C=O) groups is 1. The summed E-state index contributed by atoms with van der Waals surface area (Å²) in [5.41, 5.74) is 1.00. The highest BCUT2D eigenvalue weighted by Gasteiger charge is 2.36. The molecule has 2 unspecified atom stereocenters. The Balaban J connectivity index is 1.52. The number of aryl methyl sites for hydroxylation is 2. The molecule has 2 atom stereocenters. The summed E-state index contributed by atoms with van der Waals surface area (Å²) < 4.78 is 11.2. The third kappa shape index (κ3) is 3.32. The van der Waals surface area contributed by atoms with Crippen molar-refractivity contribution >= 4 is 12.0 Å². The van der Waals surface area contributed by atoms with E-state index in [2.05, 4.69) is 12.2 Å². The molecular weight excluding hydrogens is 278 g/mol. The molecule has 1 saturated carbocycles. The zero-order valence-corrected chi connectivity index (χ0v) is 13.2. The predicted octanol–water partition coefficient (Wildman–Crippen LogP) is 3.94. The van der Waals surface area contributed by atoms with E-state index in [1.165, 1.54) is 12.5 Å². The van der Waals surface area contributed by atoms with Crippen molar-refractivity contribution in [3.05, 3.63) is 52.9 Å². The van der Waals surface area contributed by atoms with E-state index in [0.29, 0.717) is 18.4 Å². The summed E-state index contributed by atoms with van der Waals surface area (Å²) in [5, 5.41) is 2.84. The van der Waals surface area contributed by atoms with Crippen molar-refractivity contribution in [1.29, 1.82) is 0 Å². The van der Waals surface area contributed by atoms with Crippen molar-refractivity contribution in [2.45, 2.75) is 39.7 Å². The van der Waals surface area contributed by atoms with Gasteiger partial charge in [0.15, 0.2) is 0 Å². The van der Waals surface area contributed by atoms with Crippen LogP contribution in [-0.2, 0) is 11.3 Å². The van der Waals surface area contributed by atoms with Crippen molar-refractivity contribution in [2.24, 2.45) is 5.92 Å². The van der Waals surface area contributed by atoms with Crippen LogP contribution in [0.3, 0.4) is 0 Å². The number of hydrogen-bond donors (Lipinski definition) is 1. The van der Waals surface area contributed by atoms with Crippen molar-refractivity contribution in [2.75, 3.05) is 0 Å². The Bertz CT molecular complexity index is 708. The van der Waals surface area contributed by atoms with Gasteiger partial charge in [-0.25, -0.2) is 0 Å². The molecule has 1 aliphatic carbocycles. The lowest BCUT2D eigenvalue weighted by Gasteiger charge is -2.00. The second-order valence-electron chi connectivity index (χ2n) is 6.05. The van der Waals surface area contributed by atoms with Crippen LogP contribution in [0.1, 0.15) is 47.9 Å². The molecule has 2 aromatic heterocycles. The SMILES string of the molecule is Cc1cc(CNC(=O)C=Cc2ccc(C3CC3C)o2)c(C)o1. The number of rotatable bonds is 5. The first-order valence-corrected chi connectivity index (χ1v) is 7.64. The summed E-state index contributed by atoms with van der Waals surface area (Å²) in [6, 6.07) is 5.85. The molecule has 3 rings (SSSR count). The van der Waals surface area contributed by atoms with E-state index in [9.17, 15) is 4.79 Å². The van der Waals surface area contributed by atoms with Crippen LogP contribution < -0.4 is 5.32 Å². The van der Waals surface area contributed by atoms with Crippen LogP contribution >= 0.6 is 0 Å². The van der Waals surface area contributed by atoms with Gasteiger partial charge in [-0.05, 0) is 50.5 Å². The molecule has 1 aliphatic rings. The van der Waals surface area contributed by atoms with E-state index in [-0.39, 0.29) is 5.91 Å². The summed E-state index contributed by atoms with van der Waals surface area (Å²) in [5.74, 6) is 4.58. The molecule has 0 saturated heterocycles. The van der Waals surface area contributed by atoms with Gasteiger partial charge in [0, 0.05) is 24.1 Å². The molecule has 1 amide bonds. The minimum Gasteiger partial charge on any atom is -0.466 e. The van der Waals surface area contributed by atoms with Gasteiger partial charge in [0.1, 0.15) is 23.0 Å². The zero-order chi connectivity index (χ0) is 15.7. The quantitative estimate of drug-likeness (QED) is 0.851. The van der Waals surface area contributed by atoms with Gasteiger partial charge in [0.05, 0.1) is 0 Å². The molecule has 4 heteroatoms. The van der Waals surface area contributed by atoms with Crippen molar-refractivity contribution in [1.82, 2.24) is 5.32 Å². The standard InChI is InChI=1S/C18H21NO3/c1-11-8-16(11)17-6-4-15(22-17)5-7-18(20)19-10-14-9-12(2)21-13(14)3/h4-7,9,11,16H,8,10H2,1-3H3,(H,19,20). The molecule has 0 aromatic carbocycles. The third-order valence-electron chi connectivity index (χ3n) is 4.12. The Labute approximate surface area is 130 Å². The van der Waals surface area contributed by atoms with Gasteiger partial charge >= 0.3 is 0 Å². The van der Waals surface area contributed by atoms with E-state index in [1.807, 2.05) is 32.0 Å². The van der Waals surface area contributed by atoms with Crippen LogP contribution in [0, 0.1) is 19.8 Å². The molecule has 22 heavy (non-hydrogen) atoms. The topological polar surface area (TPSA) is 55.4 Å². The third-order valence-corrected chi connectivity index (χ3v) is 4.12. The van der Waals surface area contributed by atoms with Crippen LogP contribution in [0.15, 0.2) is 33.1 Å². The average Bonchev–Trinajstić information content (AvgIpc) is 2.90. The number of nitrogens with one attached hydrogen (secondary N) is 1. The van der Waals surface area contributed by atoms with E-state index in [1.54, 1.807) is 6.08 Å². The zero-order valence-electron chi connectivity index (χ0n) is 13.2. The highest BCUT2D eigenvalue weighted by atomic mass is 16.3. The maximum Gasteiger partial charge on any atom is 0.244 e. The van der Waals surface area contributed by atoms with Crippen molar-refractivity contribution in [3.8, 4) is 0 Å². The lowest BCUT2D eigenvalue weighted by atomic mass is 10.2. The van der Waals surface area contributed by atoms with Gasteiger partial charge in [-0.3, -0.25) is 4.79 Å². The van der Waals surface area contributed by atoms with E-state index < -0.39 is 0 Å². The number of hydrogen-bond acceptors (Lipinski definition) is 3. The second-order valence-corrected chi connectivity index (χ2v) is 6.05. The second kappa shape index (κ2) is 5.87. The van der Waals surface area contributed by atoms with E-state index in [0.717, 1.165) is 28.6 Å². The first-order valence-electron chi connectivity index (χ1n) is 7.64. The fourth-order valence-corrected chi connectivity index (χ4v) is 2.63. The van der Waals surface area contributed by atoms with E-state index >= 15 is 0 Å². The lowest BCUT2D eigenvalue weighted by molar-refractivity contribution is -0.116. The fourth-order valence-electron chi connectivity index (χ4n) is 2.63. The van der Waals surface area contributed by atoms with Crippen LogP contribution in [0.2, 0.25) is 0 Å². The molecule has 1 N–H and O–H groups in total. The Morgan fingerprint density at radius 1 is 1.36 bits per heavy atom. The van der Waals surface area contributed by atoms with Crippen LogP contribution in [0.25, 0.3) is 6.08 Å². The van der Waals surface area contributed by atoms with Gasteiger partial charge in [-0.1, -0.05) is 6.92 Å². The molecule has 116 valence electrons. The van der Waals surface area contributed by atoms with Crippen LogP contribution in [-0.4, -0.2) is 5.91 Å².